The number of aliphatic hydroxyl groups is 1. The van der Waals surface area contributed by atoms with Crippen molar-refractivity contribution in [2.24, 2.45) is 5.92 Å². The number of nitrogens with one attached hydrogen (secondary N) is 1. The van der Waals surface area contributed by atoms with E-state index in [-0.39, 0.29) is 6.10 Å². The molecule has 3 heteroatoms. The lowest BCUT2D eigenvalue weighted by Crippen LogP contribution is -2.37. The minimum atomic E-state index is -0.371. The van der Waals surface area contributed by atoms with Crippen molar-refractivity contribution in [2.45, 2.75) is 44.8 Å². The molecule has 1 rings (SSSR count). The molecule has 3 nitrogen and oxygen atoms in total. The smallest absolute Gasteiger partial charge is 0.0897 e. The summed E-state index contributed by atoms with van der Waals surface area (Å²) in [4.78, 5) is 0. The summed E-state index contributed by atoms with van der Waals surface area (Å²) in [7, 11) is 1.61. The van der Waals surface area contributed by atoms with Crippen molar-refractivity contribution < 1.29 is 9.84 Å². The molecule has 1 aliphatic rings. The second-order valence-electron chi connectivity index (χ2n) is 4.45. The van der Waals surface area contributed by atoms with Gasteiger partial charge in [-0.3, -0.25) is 0 Å². The summed E-state index contributed by atoms with van der Waals surface area (Å²) in [5, 5.41) is 12.8. The zero-order chi connectivity index (χ0) is 10.4. The average molecular weight is 201 g/mol. The Morgan fingerprint density at radius 1 is 1.50 bits per heavy atom. The molecule has 2 atom stereocenters. The van der Waals surface area contributed by atoms with E-state index < -0.39 is 0 Å². The maximum Gasteiger partial charge on any atom is 0.0897 e. The molecule has 1 aliphatic carbocycles. The van der Waals surface area contributed by atoms with Crippen molar-refractivity contribution in [1.29, 1.82) is 0 Å². The van der Waals surface area contributed by atoms with Gasteiger partial charge in [0, 0.05) is 19.7 Å². The average Bonchev–Trinajstić information content (AvgIpc) is 2.09. The molecule has 0 bridgehead atoms. The summed E-state index contributed by atoms with van der Waals surface area (Å²) in [6.45, 7) is 3.25. The van der Waals surface area contributed by atoms with Crippen LogP contribution < -0.4 is 5.32 Å². The highest BCUT2D eigenvalue weighted by atomic mass is 16.5. The molecule has 1 fully saturated rings. The van der Waals surface area contributed by atoms with Crippen molar-refractivity contribution in [3.8, 4) is 0 Å². The number of aliphatic hydroxyl groups excluding tert-OH is 1. The van der Waals surface area contributed by atoms with Crippen molar-refractivity contribution >= 4 is 0 Å². The molecule has 0 heterocycles. The normalized spacial score (nSPS) is 21.6. The Morgan fingerprint density at radius 2 is 2.21 bits per heavy atom. The Morgan fingerprint density at radius 3 is 2.71 bits per heavy atom. The van der Waals surface area contributed by atoms with Crippen LogP contribution in [0.15, 0.2) is 0 Å². The van der Waals surface area contributed by atoms with Gasteiger partial charge in [0.25, 0.3) is 0 Å². The van der Waals surface area contributed by atoms with E-state index in [0.29, 0.717) is 19.2 Å². The molecule has 84 valence electrons. The second kappa shape index (κ2) is 6.38. The van der Waals surface area contributed by atoms with Gasteiger partial charge < -0.3 is 15.2 Å². The molecule has 0 aromatic rings. The van der Waals surface area contributed by atoms with Gasteiger partial charge in [-0.25, -0.2) is 0 Å². The van der Waals surface area contributed by atoms with Gasteiger partial charge in [-0.15, -0.1) is 0 Å². The molecule has 0 amide bonds. The van der Waals surface area contributed by atoms with Crippen LogP contribution in [0.25, 0.3) is 0 Å². The lowest BCUT2D eigenvalue weighted by atomic mass is 9.81. The van der Waals surface area contributed by atoms with Crippen LogP contribution in [-0.2, 0) is 4.74 Å². The third-order valence-corrected chi connectivity index (χ3v) is 2.97. The van der Waals surface area contributed by atoms with E-state index in [2.05, 4.69) is 12.2 Å². The quantitative estimate of drug-likeness (QED) is 0.649. The summed E-state index contributed by atoms with van der Waals surface area (Å²) in [5.74, 6) is 0.928. The van der Waals surface area contributed by atoms with Crippen molar-refractivity contribution in [3.63, 3.8) is 0 Å². The van der Waals surface area contributed by atoms with Gasteiger partial charge in [-0.1, -0.05) is 19.3 Å². The minimum Gasteiger partial charge on any atom is -0.389 e. The van der Waals surface area contributed by atoms with Crippen LogP contribution in [0.4, 0.5) is 0 Å². The first-order chi connectivity index (χ1) is 6.72. The third kappa shape index (κ3) is 4.40. The highest BCUT2D eigenvalue weighted by Crippen LogP contribution is 2.30. The van der Waals surface area contributed by atoms with Gasteiger partial charge in [0.2, 0.25) is 0 Å². The third-order valence-electron chi connectivity index (χ3n) is 2.97. The predicted molar refractivity (Wildman–Crippen MR) is 57.3 cm³/mol. The number of hydrogen-bond acceptors (Lipinski definition) is 3. The van der Waals surface area contributed by atoms with E-state index in [1.54, 1.807) is 7.11 Å². The molecule has 0 aromatic heterocycles. The van der Waals surface area contributed by atoms with Crippen LogP contribution in [0.5, 0.6) is 0 Å². The first-order valence-electron chi connectivity index (χ1n) is 5.62. The van der Waals surface area contributed by atoms with Crippen molar-refractivity contribution in [1.82, 2.24) is 5.32 Å². The maximum atomic E-state index is 9.42. The Balaban J connectivity index is 1.98. The summed E-state index contributed by atoms with van der Waals surface area (Å²) in [5.41, 5.74) is 0. The SMILES string of the molecule is COCC(O)CNC(C)CC1CCC1. The first-order valence-corrected chi connectivity index (χ1v) is 5.62. The molecule has 0 aliphatic heterocycles. The van der Waals surface area contributed by atoms with Crippen molar-refractivity contribution in [2.75, 3.05) is 20.3 Å². The van der Waals surface area contributed by atoms with E-state index >= 15 is 0 Å². The van der Waals surface area contributed by atoms with Crippen LogP contribution in [0, 0.1) is 5.92 Å². The Labute approximate surface area is 86.8 Å². The number of methoxy groups -OCH3 is 1. The van der Waals surface area contributed by atoms with Gasteiger partial charge in [-0.05, 0) is 19.3 Å². The van der Waals surface area contributed by atoms with Crippen LogP contribution in [0.3, 0.4) is 0 Å². The van der Waals surface area contributed by atoms with E-state index in [4.69, 9.17) is 4.74 Å². The first kappa shape index (κ1) is 12.0. The van der Waals surface area contributed by atoms with E-state index in [1.807, 2.05) is 0 Å². The van der Waals surface area contributed by atoms with Gasteiger partial charge in [0.15, 0.2) is 0 Å². The Bertz CT molecular complexity index is 148. The highest BCUT2D eigenvalue weighted by molar-refractivity contribution is 4.75. The number of hydrogen-bond donors (Lipinski definition) is 2. The predicted octanol–water partition coefficient (Wildman–Crippen LogP) is 1.16. The standard InChI is InChI=1S/C11H23NO2/c1-9(6-10-4-3-5-10)12-7-11(13)8-14-2/h9-13H,3-8H2,1-2H3. The fraction of sp³-hybridized carbons (Fsp3) is 1.00. The van der Waals surface area contributed by atoms with Crippen LogP contribution in [0.1, 0.15) is 32.6 Å². The number of ether oxygens (including phenoxy) is 1. The maximum absolute atomic E-state index is 9.42. The van der Waals surface area contributed by atoms with Crippen LogP contribution in [0.2, 0.25) is 0 Å². The topological polar surface area (TPSA) is 41.5 Å². The molecule has 0 aromatic carbocycles. The zero-order valence-electron chi connectivity index (χ0n) is 9.33. The Hall–Kier alpha value is -0.120. The molecule has 1 saturated carbocycles. The van der Waals surface area contributed by atoms with E-state index in [9.17, 15) is 5.11 Å². The highest BCUT2D eigenvalue weighted by Gasteiger charge is 2.19. The lowest BCUT2D eigenvalue weighted by Gasteiger charge is -2.28. The van der Waals surface area contributed by atoms with E-state index in [1.165, 1.54) is 25.7 Å². The molecular weight excluding hydrogens is 178 g/mol. The molecule has 2 N–H and O–H groups in total. The van der Waals surface area contributed by atoms with Crippen molar-refractivity contribution in [3.05, 3.63) is 0 Å². The zero-order valence-corrected chi connectivity index (χ0v) is 9.33. The van der Waals surface area contributed by atoms with Gasteiger partial charge in [0.05, 0.1) is 12.7 Å². The van der Waals surface area contributed by atoms with Crippen LogP contribution in [-0.4, -0.2) is 37.5 Å². The van der Waals surface area contributed by atoms with Gasteiger partial charge >= 0.3 is 0 Å². The molecule has 2 unspecified atom stereocenters. The fourth-order valence-electron chi connectivity index (χ4n) is 1.90. The van der Waals surface area contributed by atoms with Gasteiger partial charge in [-0.2, -0.15) is 0 Å². The molecule has 0 saturated heterocycles. The Kier molecular flexibility index (Phi) is 5.45. The molecule has 0 spiro atoms. The summed E-state index contributed by atoms with van der Waals surface area (Å²) in [6.07, 6.45) is 5.08. The molecular formula is C11H23NO2. The second-order valence-corrected chi connectivity index (χ2v) is 4.45. The number of rotatable bonds is 7. The minimum absolute atomic E-state index is 0.371. The van der Waals surface area contributed by atoms with E-state index in [0.717, 1.165) is 5.92 Å². The monoisotopic (exact) mass is 201 g/mol. The lowest BCUT2D eigenvalue weighted by molar-refractivity contribution is 0.0621. The summed E-state index contributed by atoms with van der Waals surface area (Å²) < 4.78 is 4.86. The summed E-state index contributed by atoms with van der Waals surface area (Å²) >= 11 is 0. The summed E-state index contributed by atoms with van der Waals surface area (Å²) in [6, 6.07) is 0.520. The molecule has 14 heavy (non-hydrogen) atoms. The fourth-order valence-corrected chi connectivity index (χ4v) is 1.90. The van der Waals surface area contributed by atoms with Gasteiger partial charge in [0.1, 0.15) is 0 Å². The molecule has 0 radical (unpaired) electrons. The van der Waals surface area contributed by atoms with Crippen LogP contribution >= 0.6 is 0 Å². The largest absolute Gasteiger partial charge is 0.389 e.